The van der Waals surface area contributed by atoms with Gasteiger partial charge in [-0.3, -0.25) is 4.79 Å². The second-order valence-electron chi connectivity index (χ2n) is 4.90. The van der Waals surface area contributed by atoms with Crippen molar-refractivity contribution < 1.29 is 4.79 Å². The molecule has 2 nitrogen and oxygen atoms in total. The van der Waals surface area contributed by atoms with E-state index in [0.29, 0.717) is 0 Å². The quantitative estimate of drug-likeness (QED) is 0.786. The van der Waals surface area contributed by atoms with Crippen molar-refractivity contribution in [3.05, 3.63) is 34.9 Å². The molecule has 0 aliphatic carbocycles. The lowest BCUT2D eigenvalue weighted by atomic mass is 10.0. The Labute approximate surface area is 108 Å². The predicted molar refractivity (Wildman–Crippen MR) is 70.0 cm³/mol. The molecule has 0 radical (unpaired) electrons. The number of amides is 1. The first-order chi connectivity index (χ1) is 8.09. The van der Waals surface area contributed by atoms with Gasteiger partial charge in [0.1, 0.15) is 0 Å². The van der Waals surface area contributed by atoms with Crippen molar-refractivity contribution >= 4 is 17.5 Å². The number of likely N-dealkylation sites (tertiary alicyclic amines) is 1. The Morgan fingerprint density at radius 2 is 2.00 bits per heavy atom. The van der Waals surface area contributed by atoms with Crippen molar-refractivity contribution in [2.24, 2.45) is 5.92 Å². The van der Waals surface area contributed by atoms with E-state index in [2.05, 4.69) is 0 Å². The van der Waals surface area contributed by atoms with Crippen molar-refractivity contribution in [1.29, 1.82) is 0 Å². The summed E-state index contributed by atoms with van der Waals surface area (Å²) < 4.78 is 0. The number of benzene rings is 1. The molecule has 2 rings (SSSR count). The molecule has 1 unspecified atom stereocenters. The monoisotopic (exact) mass is 251 g/mol. The van der Waals surface area contributed by atoms with E-state index in [9.17, 15) is 4.79 Å². The lowest BCUT2D eigenvalue weighted by Crippen LogP contribution is -2.33. The number of hydrogen-bond donors (Lipinski definition) is 0. The zero-order valence-corrected chi connectivity index (χ0v) is 11.1. The fourth-order valence-electron chi connectivity index (χ4n) is 2.39. The second kappa shape index (κ2) is 5.09. The van der Waals surface area contributed by atoms with Gasteiger partial charge in [-0.25, -0.2) is 0 Å². The second-order valence-corrected chi connectivity index (χ2v) is 5.33. The van der Waals surface area contributed by atoms with Crippen molar-refractivity contribution in [1.82, 2.24) is 4.90 Å². The zero-order chi connectivity index (χ0) is 12.4. The highest BCUT2D eigenvalue weighted by Gasteiger charge is 2.30. The van der Waals surface area contributed by atoms with Crippen LogP contribution in [0.5, 0.6) is 0 Å². The highest BCUT2D eigenvalue weighted by Crippen LogP contribution is 2.33. The van der Waals surface area contributed by atoms with Gasteiger partial charge in [-0.2, -0.15) is 0 Å². The lowest BCUT2D eigenvalue weighted by molar-refractivity contribution is -0.135. The Balaban J connectivity index is 2.20. The molecular weight excluding hydrogens is 234 g/mol. The van der Waals surface area contributed by atoms with Gasteiger partial charge < -0.3 is 4.90 Å². The van der Waals surface area contributed by atoms with Crippen molar-refractivity contribution in [2.45, 2.75) is 32.7 Å². The average Bonchev–Trinajstić information content (AvgIpc) is 2.77. The molecule has 1 atom stereocenters. The Morgan fingerprint density at radius 3 is 2.59 bits per heavy atom. The minimum atomic E-state index is 0.0721. The molecule has 1 heterocycles. The molecular formula is C14H18ClNO. The van der Waals surface area contributed by atoms with Gasteiger partial charge in [0, 0.05) is 17.5 Å². The summed E-state index contributed by atoms with van der Waals surface area (Å²) in [5, 5.41) is 0.744. The number of carbonyl (C=O) groups is 1. The Bertz CT molecular complexity index is 399. The van der Waals surface area contributed by atoms with Crippen molar-refractivity contribution in [2.75, 3.05) is 6.54 Å². The predicted octanol–water partition coefficient (Wildman–Crippen LogP) is 3.66. The van der Waals surface area contributed by atoms with Crippen LogP contribution in [-0.4, -0.2) is 17.4 Å². The van der Waals surface area contributed by atoms with Crippen LogP contribution in [0.3, 0.4) is 0 Å². The van der Waals surface area contributed by atoms with Crippen LogP contribution in [0.1, 0.15) is 38.3 Å². The first-order valence-corrected chi connectivity index (χ1v) is 6.53. The number of halogens is 1. The normalized spacial score (nSPS) is 20.0. The van der Waals surface area contributed by atoms with Gasteiger partial charge in [0.15, 0.2) is 0 Å². The number of rotatable bonds is 2. The van der Waals surface area contributed by atoms with Crippen LogP contribution in [0.4, 0.5) is 0 Å². The summed E-state index contributed by atoms with van der Waals surface area (Å²) in [5.41, 5.74) is 1.20. The van der Waals surface area contributed by atoms with Gasteiger partial charge in [-0.15, -0.1) is 0 Å². The van der Waals surface area contributed by atoms with Crippen LogP contribution >= 0.6 is 11.6 Å². The third kappa shape index (κ3) is 2.63. The number of carbonyl (C=O) groups excluding carboxylic acids is 1. The molecule has 0 N–H and O–H groups in total. The third-order valence-electron chi connectivity index (χ3n) is 3.28. The summed E-state index contributed by atoms with van der Waals surface area (Å²) in [7, 11) is 0. The maximum absolute atomic E-state index is 12.1. The van der Waals surface area contributed by atoms with E-state index < -0.39 is 0 Å². The summed E-state index contributed by atoms with van der Waals surface area (Å²) >= 11 is 5.89. The van der Waals surface area contributed by atoms with E-state index in [1.807, 2.05) is 43.0 Å². The minimum absolute atomic E-state index is 0.0721. The number of hydrogen-bond acceptors (Lipinski definition) is 1. The van der Waals surface area contributed by atoms with Gasteiger partial charge in [0.25, 0.3) is 0 Å². The van der Waals surface area contributed by atoms with Gasteiger partial charge in [0.2, 0.25) is 5.91 Å². The fraction of sp³-hybridized carbons (Fsp3) is 0.500. The summed E-state index contributed by atoms with van der Waals surface area (Å²) in [4.78, 5) is 14.1. The molecule has 0 bridgehead atoms. The average molecular weight is 252 g/mol. The van der Waals surface area contributed by atoms with E-state index >= 15 is 0 Å². The van der Waals surface area contributed by atoms with Gasteiger partial charge in [0.05, 0.1) is 6.04 Å². The molecule has 0 aromatic heterocycles. The molecule has 1 amide bonds. The minimum Gasteiger partial charge on any atom is -0.335 e. The molecule has 1 aliphatic rings. The molecule has 92 valence electrons. The van der Waals surface area contributed by atoms with E-state index in [4.69, 9.17) is 11.6 Å². The van der Waals surface area contributed by atoms with Crippen molar-refractivity contribution in [3.8, 4) is 0 Å². The molecule has 1 aromatic rings. The fourth-order valence-corrected chi connectivity index (χ4v) is 2.52. The van der Waals surface area contributed by atoms with E-state index in [-0.39, 0.29) is 17.9 Å². The molecule has 1 aliphatic heterocycles. The summed E-state index contributed by atoms with van der Waals surface area (Å²) in [6, 6.07) is 8.08. The van der Waals surface area contributed by atoms with Gasteiger partial charge in [-0.05, 0) is 30.5 Å². The van der Waals surface area contributed by atoms with Crippen LogP contribution in [0.15, 0.2) is 24.3 Å². The van der Waals surface area contributed by atoms with E-state index in [0.717, 1.165) is 24.4 Å². The van der Waals surface area contributed by atoms with Crippen LogP contribution in [0.25, 0.3) is 0 Å². The van der Waals surface area contributed by atoms with Crippen LogP contribution < -0.4 is 0 Å². The largest absolute Gasteiger partial charge is 0.335 e. The summed E-state index contributed by atoms with van der Waals surface area (Å²) in [6.45, 7) is 4.80. The van der Waals surface area contributed by atoms with Crippen LogP contribution in [0.2, 0.25) is 5.02 Å². The Kier molecular flexibility index (Phi) is 3.72. The highest BCUT2D eigenvalue weighted by atomic mass is 35.5. The van der Waals surface area contributed by atoms with Gasteiger partial charge >= 0.3 is 0 Å². The maximum Gasteiger partial charge on any atom is 0.225 e. The Morgan fingerprint density at radius 1 is 1.35 bits per heavy atom. The SMILES string of the molecule is CC(C)C(=O)N1CCCC1c1ccc(Cl)cc1. The molecule has 1 fully saturated rings. The molecule has 1 aromatic carbocycles. The maximum atomic E-state index is 12.1. The molecule has 1 saturated heterocycles. The third-order valence-corrected chi connectivity index (χ3v) is 3.54. The highest BCUT2D eigenvalue weighted by molar-refractivity contribution is 6.30. The van der Waals surface area contributed by atoms with Gasteiger partial charge in [-0.1, -0.05) is 37.6 Å². The zero-order valence-electron chi connectivity index (χ0n) is 10.3. The first kappa shape index (κ1) is 12.4. The molecule has 0 spiro atoms. The Hall–Kier alpha value is -1.02. The van der Waals surface area contributed by atoms with E-state index in [1.165, 1.54) is 5.56 Å². The summed E-state index contributed by atoms with van der Waals surface area (Å²) in [5.74, 6) is 0.324. The lowest BCUT2D eigenvalue weighted by Gasteiger charge is -2.26. The van der Waals surface area contributed by atoms with E-state index in [1.54, 1.807) is 0 Å². The van der Waals surface area contributed by atoms with Crippen LogP contribution in [-0.2, 0) is 4.79 Å². The topological polar surface area (TPSA) is 20.3 Å². The standard InChI is InChI=1S/C14H18ClNO/c1-10(2)14(17)16-9-3-4-13(16)11-5-7-12(15)8-6-11/h5-8,10,13H,3-4,9H2,1-2H3. The van der Waals surface area contributed by atoms with Crippen LogP contribution in [0, 0.1) is 5.92 Å². The summed E-state index contributed by atoms with van der Waals surface area (Å²) in [6.07, 6.45) is 2.14. The first-order valence-electron chi connectivity index (χ1n) is 6.15. The smallest absolute Gasteiger partial charge is 0.225 e. The molecule has 3 heteroatoms. The van der Waals surface area contributed by atoms with Crippen molar-refractivity contribution in [3.63, 3.8) is 0 Å². The molecule has 17 heavy (non-hydrogen) atoms. The number of nitrogens with zero attached hydrogens (tertiary/aromatic N) is 1. The molecule has 0 saturated carbocycles.